The molecule has 1 aromatic rings. The van der Waals surface area contributed by atoms with Crippen LogP contribution in [0.4, 0.5) is 10.5 Å². The summed E-state index contributed by atoms with van der Waals surface area (Å²) in [5, 5.41) is 13.3. The van der Waals surface area contributed by atoms with E-state index in [2.05, 4.69) is 10.6 Å². The highest BCUT2D eigenvalue weighted by molar-refractivity contribution is 6.40. The molecule has 0 aliphatic heterocycles. The molecule has 7 nitrogen and oxygen atoms in total. The molecule has 1 aromatic carbocycles. The number of anilines is 1. The van der Waals surface area contributed by atoms with Crippen LogP contribution in [-0.2, 0) is 4.79 Å². The quantitative estimate of drug-likeness (QED) is 0.674. The monoisotopic (exact) mass is 319 g/mol. The summed E-state index contributed by atoms with van der Waals surface area (Å²) in [4.78, 5) is 33.2. The van der Waals surface area contributed by atoms with E-state index in [1.54, 1.807) is 0 Å². The third-order valence-electron chi connectivity index (χ3n) is 2.29. The van der Waals surface area contributed by atoms with Crippen LogP contribution >= 0.6 is 23.2 Å². The Kier molecular flexibility index (Phi) is 5.18. The van der Waals surface area contributed by atoms with E-state index in [-0.39, 0.29) is 21.3 Å². The molecule has 0 aliphatic rings. The highest BCUT2D eigenvalue weighted by Crippen LogP contribution is 2.32. The third kappa shape index (κ3) is 4.01. The van der Waals surface area contributed by atoms with E-state index in [4.69, 9.17) is 34.0 Å². The summed E-state index contributed by atoms with van der Waals surface area (Å²) in [6.07, 6.45) is 0. The summed E-state index contributed by atoms with van der Waals surface area (Å²) < 4.78 is 0. The van der Waals surface area contributed by atoms with Crippen LogP contribution < -0.4 is 16.4 Å². The number of carboxylic acid groups (broad SMARTS) is 1. The number of hydrogen-bond acceptors (Lipinski definition) is 3. The fraction of sp³-hybridized carbons (Fsp3) is 0.182. The van der Waals surface area contributed by atoms with Crippen molar-refractivity contribution in [2.45, 2.75) is 13.0 Å². The van der Waals surface area contributed by atoms with Gasteiger partial charge in [0.15, 0.2) is 0 Å². The van der Waals surface area contributed by atoms with E-state index in [0.29, 0.717) is 0 Å². The Bertz CT molecular complexity index is 554. The third-order valence-corrected chi connectivity index (χ3v) is 2.89. The number of carbonyl (C=O) groups excluding carboxylic acids is 2. The summed E-state index contributed by atoms with van der Waals surface area (Å²) in [6, 6.07) is 0.541. The van der Waals surface area contributed by atoms with Crippen molar-refractivity contribution in [3.8, 4) is 0 Å². The first-order valence-electron chi connectivity index (χ1n) is 5.31. The average molecular weight is 320 g/mol. The molecular formula is C11H11Cl2N3O4. The highest BCUT2D eigenvalue weighted by atomic mass is 35.5. The predicted octanol–water partition coefficient (Wildman–Crippen LogP) is 1.69. The van der Waals surface area contributed by atoms with E-state index < -0.39 is 23.9 Å². The van der Waals surface area contributed by atoms with Crippen molar-refractivity contribution in [3.05, 3.63) is 27.7 Å². The molecule has 0 spiro atoms. The van der Waals surface area contributed by atoms with Crippen LogP contribution in [0, 0.1) is 0 Å². The van der Waals surface area contributed by atoms with Gasteiger partial charge in [-0.05, 0) is 19.1 Å². The Morgan fingerprint density at radius 2 is 1.75 bits per heavy atom. The van der Waals surface area contributed by atoms with Gasteiger partial charge in [-0.15, -0.1) is 0 Å². The lowest BCUT2D eigenvalue weighted by Gasteiger charge is -2.14. The molecule has 20 heavy (non-hydrogen) atoms. The number of carbonyl (C=O) groups is 3. The smallest absolute Gasteiger partial charge is 0.335 e. The molecular weight excluding hydrogens is 309 g/mol. The molecule has 9 heteroatoms. The zero-order chi connectivity index (χ0) is 15.4. The number of aromatic carboxylic acids is 1. The second-order valence-electron chi connectivity index (χ2n) is 3.84. The molecule has 1 rings (SSSR count). The Balaban J connectivity index is 2.96. The number of rotatable bonds is 4. The summed E-state index contributed by atoms with van der Waals surface area (Å²) in [6.45, 7) is 1.41. The Morgan fingerprint density at radius 1 is 1.25 bits per heavy atom. The fourth-order valence-corrected chi connectivity index (χ4v) is 1.91. The van der Waals surface area contributed by atoms with Crippen molar-refractivity contribution < 1.29 is 19.5 Å². The van der Waals surface area contributed by atoms with Crippen LogP contribution in [0.1, 0.15) is 17.3 Å². The van der Waals surface area contributed by atoms with Crippen LogP contribution in [0.2, 0.25) is 10.0 Å². The fourth-order valence-electron chi connectivity index (χ4n) is 1.33. The van der Waals surface area contributed by atoms with E-state index >= 15 is 0 Å². The van der Waals surface area contributed by atoms with Crippen LogP contribution in [-0.4, -0.2) is 29.1 Å². The summed E-state index contributed by atoms with van der Waals surface area (Å²) in [5.41, 5.74) is 4.84. The second-order valence-corrected chi connectivity index (χ2v) is 4.65. The van der Waals surface area contributed by atoms with E-state index in [1.807, 2.05) is 0 Å². The minimum atomic E-state index is -1.20. The van der Waals surface area contributed by atoms with Crippen molar-refractivity contribution in [1.82, 2.24) is 5.32 Å². The number of amides is 3. The molecule has 0 aromatic heterocycles. The SMILES string of the molecule is CC(NC(N)=O)C(=O)Nc1c(Cl)cc(C(=O)O)cc1Cl. The lowest BCUT2D eigenvalue weighted by atomic mass is 10.2. The zero-order valence-electron chi connectivity index (χ0n) is 10.2. The molecule has 0 fully saturated rings. The average Bonchev–Trinajstić information content (AvgIpc) is 2.32. The normalized spacial score (nSPS) is 11.6. The van der Waals surface area contributed by atoms with Crippen LogP contribution in [0.15, 0.2) is 12.1 Å². The maximum Gasteiger partial charge on any atom is 0.335 e. The minimum Gasteiger partial charge on any atom is -0.478 e. The van der Waals surface area contributed by atoms with Crippen molar-refractivity contribution >= 4 is 46.8 Å². The Hall–Kier alpha value is -1.99. The molecule has 3 amide bonds. The first kappa shape index (κ1) is 16.1. The molecule has 5 N–H and O–H groups in total. The van der Waals surface area contributed by atoms with Gasteiger partial charge in [0.05, 0.1) is 21.3 Å². The number of urea groups is 1. The van der Waals surface area contributed by atoms with Gasteiger partial charge < -0.3 is 21.5 Å². The molecule has 0 saturated heterocycles. The predicted molar refractivity (Wildman–Crippen MR) is 74.2 cm³/mol. The first-order chi connectivity index (χ1) is 9.22. The van der Waals surface area contributed by atoms with Gasteiger partial charge in [-0.3, -0.25) is 4.79 Å². The standard InChI is InChI=1S/C11H11Cl2N3O4/c1-4(15-11(14)20)9(17)16-8-6(12)2-5(10(18)19)3-7(8)13/h2-4H,1H3,(H,16,17)(H,18,19)(H3,14,15,20). The van der Waals surface area contributed by atoms with Crippen molar-refractivity contribution in [2.75, 3.05) is 5.32 Å². The number of benzene rings is 1. The van der Waals surface area contributed by atoms with Crippen LogP contribution in [0.3, 0.4) is 0 Å². The van der Waals surface area contributed by atoms with Gasteiger partial charge in [0.1, 0.15) is 6.04 Å². The molecule has 1 unspecified atom stereocenters. The zero-order valence-corrected chi connectivity index (χ0v) is 11.7. The highest BCUT2D eigenvalue weighted by Gasteiger charge is 2.18. The van der Waals surface area contributed by atoms with Crippen LogP contribution in [0.25, 0.3) is 0 Å². The van der Waals surface area contributed by atoms with E-state index in [9.17, 15) is 14.4 Å². The Labute approximate surface area is 124 Å². The molecule has 0 heterocycles. The number of nitrogens with two attached hydrogens (primary N) is 1. The van der Waals surface area contributed by atoms with Crippen LogP contribution in [0.5, 0.6) is 0 Å². The van der Waals surface area contributed by atoms with Gasteiger partial charge in [0.25, 0.3) is 0 Å². The molecule has 108 valence electrons. The van der Waals surface area contributed by atoms with E-state index in [1.165, 1.54) is 6.92 Å². The largest absolute Gasteiger partial charge is 0.478 e. The second kappa shape index (κ2) is 6.44. The summed E-state index contributed by atoms with van der Waals surface area (Å²) in [5.74, 6) is -1.80. The minimum absolute atomic E-state index is 0.0328. The molecule has 0 radical (unpaired) electrons. The molecule has 0 bridgehead atoms. The van der Waals surface area contributed by atoms with Gasteiger partial charge in [-0.25, -0.2) is 9.59 Å². The number of primary amides is 1. The maximum atomic E-state index is 11.8. The maximum absolute atomic E-state index is 11.8. The lowest BCUT2D eigenvalue weighted by Crippen LogP contribution is -2.44. The first-order valence-corrected chi connectivity index (χ1v) is 6.07. The van der Waals surface area contributed by atoms with Crippen molar-refractivity contribution in [1.29, 1.82) is 0 Å². The molecule has 1 atom stereocenters. The lowest BCUT2D eigenvalue weighted by molar-refractivity contribution is -0.117. The van der Waals surface area contributed by atoms with Gasteiger partial charge in [0, 0.05) is 0 Å². The number of hydrogen-bond donors (Lipinski definition) is 4. The van der Waals surface area contributed by atoms with Gasteiger partial charge >= 0.3 is 12.0 Å². The number of carboxylic acids is 1. The van der Waals surface area contributed by atoms with E-state index in [0.717, 1.165) is 12.1 Å². The van der Waals surface area contributed by atoms with Gasteiger partial charge in [0.2, 0.25) is 5.91 Å². The van der Waals surface area contributed by atoms with Crippen molar-refractivity contribution in [2.24, 2.45) is 5.73 Å². The molecule has 0 saturated carbocycles. The van der Waals surface area contributed by atoms with Crippen molar-refractivity contribution in [3.63, 3.8) is 0 Å². The van der Waals surface area contributed by atoms with Gasteiger partial charge in [-0.1, -0.05) is 23.2 Å². The molecule has 0 aliphatic carbocycles. The number of nitrogens with one attached hydrogen (secondary N) is 2. The summed E-state index contributed by atoms with van der Waals surface area (Å²) >= 11 is 11.7. The Morgan fingerprint density at radius 3 is 2.15 bits per heavy atom. The van der Waals surface area contributed by atoms with Gasteiger partial charge in [-0.2, -0.15) is 0 Å². The summed E-state index contributed by atoms with van der Waals surface area (Å²) in [7, 11) is 0. The topological polar surface area (TPSA) is 122 Å². The number of halogens is 2.